The maximum Gasteiger partial charge on any atom is 0.238 e. The molecular weight excluding hydrogens is 594 g/mol. The minimum absolute atomic E-state index is 0.00590. The number of anilines is 1. The van der Waals surface area contributed by atoms with E-state index in [1.807, 2.05) is 24.3 Å². The number of amides is 2. The molecule has 3 aliphatic carbocycles. The second-order valence-corrected chi connectivity index (χ2v) is 12.3. The van der Waals surface area contributed by atoms with E-state index in [0.717, 1.165) is 5.57 Å². The van der Waals surface area contributed by atoms with Gasteiger partial charge in [-0.25, -0.2) is 0 Å². The normalized spacial score (nSPS) is 23.7. The van der Waals surface area contributed by atoms with Crippen molar-refractivity contribution < 1.29 is 33.8 Å². The summed E-state index contributed by atoms with van der Waals surface area (Å²) in [5.74, 6) is -3.36. The van der Waals surface area contributed by atoms with E-state index in [-0.39, 0.29) is 41.3 Å². The maximum absolute atomic E-state index is 14.2. The zero-order valence-corrected chi connectivity index (χ0v) is 25.8. The molecule has 0 bridgehead atoms. The Morgan fingerprint density at radius 1 is 0.915 bits per heavy atom. The number of hydrogen-bond donors (Lipinski definition) is 1. The average molecular weight is 626 g/mol. The Morgan fingerprint density at radius 3 is 2.36 bits per heavy atom. The number of phenols is 1. The van der Waals surface area contributed by atoms with Gasteiger partial charge in [0.1, 0.15) is 0 Å². The van der Waals surface area contributed by atoms with Gasteiger partial charge in [-0.3, -0.25) is 28.9 Å². The molecule has 0 spiro atoms. The molecule has 1 aliphatic heterocycles. The number of hydrogen-bond acceptors (Lipinski definition) is 7. The van der Waals surface area contributed by atoms with Crippen LogP contribution >= 0.6 is 0 Å². The summed E-state index contributed by atoms with van der Waals surface area (Å²) in [4.78, 5) is 69.0. The predicted molar refractivity (Wildman–Crippen MR) is 175 cm³/mol. The van der Waals surface area contributed by atoms with Crippen molar-refractivity contribution in [2.24, 2.45) is 23.7 Å². The SMILES string of the molecule is COc1cc(C=CC2C3=CCC4C(=O)N(c5ccc(C(=O)c6ccccc6)cc5)C(=O)C4C3CC3=C2C(=O)C(C)=CC3=O)ccc1O. The number of methoxy groups -OCH3 is 1. The number of fused-ring (bicyclic) bond motifs is 3. The number of nitrogens with zero attached hydrogens (tertiary/aromatic N) is 1. The lowest BCUT2D eigenvalue weighted by Gasteiger charge is -2.41. The Hall–Kier alpha value is -5.63. The molecule has 0 radical (unpaired) electrons. The summed E-state index contributed by atoms with van der Waals surface area (Å²) < 4.78 is 5.25. The number of carbonyl (C=O) groups excluding carboxylic acids is 5. The van der Waals surface area contributed by atoms with Crippen LogP contribution in [0.3, 0.4) is 0 Å². The third-order valence-corrected chi connectivity index (χ3v) is 9.72. The minimum atomic E-state index is -0.707. The van der Waals surface area contributed by atoms with E-state index in [4.69, 9.17) is 4.74 Å². The van der Waals surface area contributed by atoms with Gasteiger partial charge in [-0.1, -0.05) is 60.2 Å². The molecule has 3 aromatic rings. The van der Waals surface area contributed by atoms with Crippen LogP contribution in [-0.4, -0.2) is 41.4 Å². The standard InChI is InChI=1S/C39H31NO7/c1-21-18-32(42)30-20-29-26(27(34(30)36(21)43)14-8-22-9-17-31(41)33(19-22)47-2)15-16-28-35(29)39(46)40(38(28)45)25-12-10-24(11-13-25)37(44)23-6-4-3-5-7-23/h3-15,17-19,27-29,35,41H,16,20H2,1-2H3. The third-order valence-electron chi connectivity index (χ3n) is 9.72. The number of Topliss-reactive ketones (excluding diaryl/α,β-unsaturated/α-hetero) is 1. The van der Waals surface area contributed by atoms with E-state index in [0.29, 0.717) is 51.3 Å². The summed E-state index contributed by atoms with van der Waals surface area (Å²) in [6.45, 7) is 1.63. The molecule has 4 aliphatic rings. The molecule has 1 N–H and O–H groups in total. The number of allylic oxidation sites excluding steroid dienone is 7. The number of rotatable bonds is 6. The topological polar surface area (TPSA) is 118 Å². The van der Waals surface area contributed by atoms with Crippen LogP contribution in [-0.2, 0) is 19.2 Å². The highest BCUT2D eigenvalue weighted by molar-refractivity contribution is 6.25. The molecule has 0 aromatic heterocycles. The predicted octanol–water partition coefficient (Wildman–Crippen LogP) is 5.81. The largest absolute Gasteiger partial charge is 0.504 e. The average Bonchev–Trinajstić information content (AvgIpc) is 3.35. The van der Waals surface area contributed by atoms with Gasteiger partial charge in [0.05, 0.1) is 24.6 Å². The van der Waals surface area contributed by atoms with E-state index >= 15 is 0 Å². The van der Waals surface area contributed by atoms with Crippen molar-refractivity contribution in [2.75, 3.05) is 12.0 Å². The van der Waals surface area contributed by atoms with Crippen LogP contribution in [0.25, 0.3) is 6.08 Å². The van der Waals surface area contributed by atoms with Crippen LogP contribution in [0, 0.1) is 23.7 Å². The first-order valence-corrected chi connectivity index (χ1v) is 15.5. The van der Waals surface area contributed by atoms with Gasteiger partial charge in [0.15, 0.2) is 28.8 Å². The number of ketones is 3. The summed E-state index contributed by atoms with van der Waals surface area (Å²) in [7, 11) is 1.46. The molecule has 8 nitrogen and oxygen atoms in total. The molecule has 1 fully saturated rings. The summed E-state index contributed by atoms with van der Waals surface area (Å²) in [5.41, 5.74) is 4.07. The molecule has 3 aromatic carbocycles. The van der Waals surface area contributed by atoms with Crippen LogP contribution in [0.15, 0.2) is 113 Å². The highest BCUT2D eigenvalue weighted by atomic mass is 16.5. The second kappa shape index (κ2) is 11.6. The van der Waals surface area contributed by atoms with E-state index in [1.165, 1.54) is 24.2 Å². The van der Waals surface area contributed by atoms with Crippen molar-refractivity contribution in [3.8, 4) is 11.5 Å². The Kier molecular flexibility index (Phi) is 7.43. The van der Waals surface area contributed by atoms with Crippen molar-refractivity contribution in [3.63, 3.8) is 0 Å². The molecule has 234 valence electrons. The number of benzene rings is 3. The summed E-state index contributed by atoms with van der Waals surface area (Å²) in [5, 5.41) is 10.0. The fraction of sp³-hybridized carbons (Fsp3) is 0.205. The van der Waals surface area contributed by atoms with Gasteiger partial charge in [-0.15, -0.1) is 0 Å². The van der Waals surface area contributed by atoms with Crippen LogP contribution in [0.5, 0.6) is 11.5 Å². The molecule has 1 heterocycles. The first-order valence-electron chi connectivity index (χ1n) is 15.5. The van der Waals surface area contributed by atoms with Gasteiger partial charge in [0.2, 0.25) is 11.8 Å². The van der Waals surface area contributed by atoms with Crippen molar-refractivity contribution in [1.29, 1.82) is 0 Å². The smallest absolute Gasteiger partial charge is 0.238 e. The molecule has 4 atom stereocenters. The number of ether oxygens (including phenoxy) is 1. The molecule has 0 saturated carbocycles. The van der Waals surface area contributed by atoms with Crippen molar-refractivity contribution >= 4 is 40.9 Å². The van der Waals surface area contributed by atoms with E-state index in [9.17, 15) is 29.1 Å². The summed E-state index contributed by atoms with van der Waals surface area (Å²) >= 11 is 0. The molecule has 4 unspecified atom stereocenters. The zero-order valence-electron chi connectivity index (χ0n) is 25.8. The third kappa shape index (κ3) is 4.97. The molecule has 7 rings (SSSR count). The number of phenolic OH excluding ortho intramolecular Hbond substituents is 1. The van der Waals surface area contributed by atoms with Crippen LogP contribution in [0.1, 0.15) is 41.3 Å². The van der Waals surface area contributed by atoms with Crippen LogP contribution in [0.2, 0.25) is 0 Å². The summed E-state index contributed by atoms with van der Waals surface area (Å²) in [6.07, 6.45) is 7.48. The number of carbonyl (C=O) groups is 5. The van der Waals surface area contributed by atoms with E-state index in [2.05, 4.69) is 0 Å². The van der Waals surface area contributed by atoms with Gasteiger partial charge in [0.25, 0.3) is 0 Å². The molecular formula is C39H31NO7. The maximum atomic E-state index is 14.2. The molecule has 47 heavy (non-hydrogen) atoms. The van der Waals surface area contributed by atoms with Crippen molar-refractivity contribution in [1.82, 2.24) is 0 Å². The van der Waals surface area contributed by atoms with Gasteiger partial charge in [-0.05, 0) is 73.7 Å². The van der Waals surface area contributed by atoms with Crippen molar-refractivity contribution in [2.45, 2.75) is 19.8 Å². The lowest BCUT2D eigenvalue weighted by molar-refractivity contribution is -0.123. The molecule has 8 heteroatoms. The van der Waals surface area contributed by atoms with Gasteiger partial charge in [-0.2, -0.15) is 0 Å². The van der Waals surface area contributed by atoms with Gasteiger partial charge >= 0.3 is 0 Å². The zero-order chi connectivity index (χ0) is 33.0. The fourth-order valence-corrected chi connectivity index (χ4v) is 7.42. The number of imide groups is 1. The highest BCUT2D eigenvalue weighted by Crippen LogP contribution is 2.53. The fourth-order valence-electron chi connectivity index (χ4n) is 7.42. The first kappa shape index (κ1) is 30.0. The second-order valence-electron chi connectivity index (χ2n) is 12.3. The Labute approximate surface area is 271 Å². The first-order chi connectivity index (χ1) is 22.7. The minimum Gasteiger partial charge on any atom is -0.504 e. The van der Waals surface area contributed by atoms with E-state index < -0.39 is 23.7 Å². The highest BCUT2D eigenvalue weighted by Gasteiger charge is 2.56. The van der Waals surface area contributed by atoms with Crippen molar-refractivity contribution in [3.05, 3.63) is 130 Å². The molecule has 1 saturated heterocycles. The number of aromatic hydroxyl groups is 1. The Balaban J connectivity index is 1.23. The quantitative estimate of drug-likeness (QED) is 0.159. The Bertz CT molecular complexity index is 2000. The van der Waals surface area contributed by atoms with Gasteiger partial charge in [0, 0.05) is 33.8 Å². The van der Waals surface area contributed by atoms with Crippen LogP contribution in [0.4, 0.5) is 5.69 Å². The lowest BCUT2D eigenvalue weighted by Crippen LogP contribution is -2.40. The lowest BCUT2D eigenvalue weighted by atomic mass is 9.60. The molecule has 2 amide bonds. The Morgan fingerprint density at radius 2 is 1.64 bits per heavy atom. The monoisotopic (exact) mass is 625 g/mol. The van der Waals surface area contributed by atoms with Gasteiger partial charge < -0.3 is 9.84 Å². The van der Waals surface area contributed by atoms with E-state index in [1.54, 1.807) is 67.6 Å². The van der Waals surface area contributed by atoms with Crippen LogP contribution < -0.4 is 9.64 Å². The summed E-state index contributed by atoms with van der Waals surface area (Å²) in [6, 6.07) is 20.2.